The van der Waals surface area contributed by atoms with Gasteiger partial charge in [-0.2, -0.15) is 0 Å². The van der Waals surface area contributed by atoms with Crippen LogP contribution in [-0.2, 0) is 14.0 Å². The molecule has 0 saturated carbocycles. The minimum absolute atomic E-state index is 0.0151. The van der Waals surface area contributed by atoms with Gasteiger partial charge in [-0.05, 0) is 32.0 Å². The fourth-order valence-electron chi connectivity index (χ4n) is 1.28. The highest BCUT2D eigenvalue weighted by molar-refractivity contribution is 6.74. The van der Waals surface area contributed by atoms with Gasteiger partial charge in [0.1, 0.15) is 6.10 Å². The number of carbonyl (C=O) groups excluding carboxylic acids is 1. The van der Waals surface area contributed by atoms with Gasteiger partial charge in [-0.1, -0.05) is 32.9 Å². The van der Waals surface area contributed by atoms with Crippen LogP contribution >= 0.6 is 0 Å². The van der Waals surface area contributed by atoms with Gasteiger partial charge in [0.25, 0.3) is 0 Å². The van der Waals surface area contributed by atoms with Crippen LogP contribution in [0.2, 0.25) is 18.1 Å². The summed E-state index contributed by atoms with van der Waals surface area (Å²) < 4.78 is 10.9. The molecule has 112 valence electrons. The van der Waals surface area contributed by atoms with E-state index in [0.29, 0.717) is 0 Å². The van der Waals surface area contributed by atoms with E-state index >= 15 is 0 Å². The smallest absolute Gasteiger partial charge is 0.338 e. The van der Waals surface area contributed by atoms with E-state index in [1.165, 1.54) is 0 Å². The summed E-state index contributed by atoms with van der Waals surface area (Å²) in [5.74, 6) is -0.635. The van der Waals surface area contributed by atoms with Crippen molar-refractivity contribution in [3.8, 4) is 0 Å². The van der Waals surface area contributed by atoms with E-state index in [-0.39, 0.29) is 11.6 Å². The van der Waals surface area contributed by atoms with Crippen LogP contribution in [0.3, 0.4) is 0 Å². The molecule has 0 fully saturated rings. The van der Waals surface area contributed by atoms with Crippen molar-refractivity contribution >= 4 is 14.3 Å². The second kappa shape index (κ2) is 7.22. The first-order valence-corrected chi connectivity index (χ1v) is 9.63. The number of aliphatic hydroxyl groups is 1. The van der Waals surface area contributed by atoms with Crippen molar-refractivity contribution in [2.24, 2.45) is 0 Å². The molecule has 0 spiro atoms. The molecule has 0 saturated heterocycles. The predicted molar refractivity (Wildman–Crippen MR) is 79.5 cm³/mol. The van der Waals surface area contributed by atoms with Crippen LogP contribution in [0.4, 0.5) is 0 Å². The van der Waals surface area contributed by atoms with Gasteiger partial charge in [-0.15, -0.1) is 0 Å². The summed E-state index contributed by atoms with van der Waals surface area (Å²) in [6.45, 7) is 14.3. The van der Waals surface area contributed by atoms with E-state index in [1.54, 1.807) is 19.1 Å². The number of hydrogen-bond acceptors (Lipinski definition) is 4. The van der Waals surface area contributed by atoms with Gasteiger partial charge in [0.05, 0.1) is 6.61 Å². The summed E-state index contributed by atoms with van der Waals surface area (Å²) in [4.78, 5) is 11.6. The molecule has 2 atom stereocenters. The first kappa shape index (κ1) is 18.3. The number of ether oxygens (including phenoxy) is 1. The van der Waals surface area contributed by atoms with Gasteiger partial charge in [-0.3, -0.25) is 0 Å². The number of rotatable bonds is 6. The molecule has 0 amide bonds. The summed E-state index contributed by atoms with van der Waals surface area (Å²) in [7, 11) is -2.06. The van der Waals surface area contributed by atoms with E-state index in [9.17, 15) is 9.90 Å². The molecule has 0 heterocycles. The van der Waals surface area contributed by atoms with Gasteiger partial charge in [0.15, 0.2) is 14.4 Å². The van der Waals surface area contributed by atoms with Gasteiger partial charge < -0.3 is 14.3 Å². The van der Waals surface area contributed by atoms with E-state index < -0.39 is 26.5 Å². The van der Waals surface area contributed by atoms with Crippen molar-refractivity contribution in [1.82, 2.24) is 0 Å². The largest absolute Gasteiger partial charge is 0.464 e. The summed E-state index contributed by atoms with van der Waals surface area (Å²) in [6.07, 6.45) is 1.57. The number of hydrogen-bond donors (Lipinski definition) is 1. The van der Waals surface area contributed by atoms with Gasteiger partial charge in [-0.25, -0.2) is 4.79 Å². The highest BCUT2D eigenvalue weighted by atomic mass is 28.4. The predicted octanol–water partition coefficient (Wildman–Crippen LogP) is 2.88. The highest BCUT2D eigenvalue weighted by Gasteiger charge is 2.41. The second-order valence-corrected chi connectivity index (χ2v) is 10.8. The van der Waals surface area contributed by atoms with E-state index in [2.05, 4.69) is 33.9 Å². The Morgan fingerprint density at radius 1 is 1.37 bits per heavy atom. The fourth-order valence-corrected chi connectivity index (χ4v) is 2.52. The maximum absolute atomic E-state index is 11.6. The lowest BCUT2D eigenvalue weighted by Gasteiger charge is -2.39. The monoisotopic (exact) mass is 288 g/mol. The van der Waals surface area contributed by atoms with Crippen LogP contribution in [-0.4, -0.2) is 38.2 Å². The van der Waals surface area contributed by atoms with Crippen LogP contribution in [0.5, 0.6) is 0 Å². The van der Waals surface area contributed by atoms with Gasteiger partial charge in [0, 0.05) is 0 Å². The quantitative estimate of drug-likeness (QED) is 0.464. The number of esters is 1. The third kappa shape index (κ3) is 5.46. The molecular weight excluding hydrogens is 260 g/mol. The lowest BCUT2D eigenvalue weighted by Crippen LogP contribution is -2.48. The minimum atomic E-state index is -2.06. The summed E-state index contributed by atoms with van der Waals surface area (Å²) in [6, 6.07) is 0. The molecule has 0 aliphatic rings. The molecule has 0 aromatic carbocycles. The van der Waals surface area contributed by atoms with Crippen LogP contribution in [0.15, 0.2) is 12.2 Å². The molecule has 0 rings (SSSR count). The summed E-state index contributed by atoms with van der Waals surface area (Å²) in [5, 5.41) is 10.1. The molecule has 1 N–H and O–H groups in total. The fraction of sp³-hybridized carbons (Fsp3) is 0.786. The van der Waals surface area contributed by atoms with Crippen molar-refractivity contribution in [3.63, 3.8) is 0 Å². The van der Waals surface area contributed by atoms with Gasteiger partial charge in [0.2, 0.25) is 0 Å². The SMILES string of the molecule is C/C=C/[C@H](O[Si](C)(C)C(C)(C)C)[C@@H](O)C(=O)OCC. The summed E-state index contributed by atoms with van der Waals surface area (Å²) >= 11 is 0. The van der Waals surface area contributed by atoms with Crippen LogP contribution in [0.1, 0.15) is 34.6 Å². The van der Waals surface area contributed by atoms with Crippen molar-refractivity contribution in [1.29, 1.82) is 0 Å². The normalized spacial score (nSPS) is 16.4. The first-order valence-electron chi connectivity index (χ1n) is 6.72. The molecule has 19 heavy (non-hydrogen) atoms. The van der Waals surface area contributed by atoms with Crippen molar-refractivity contribution < 1.29 is 19.1 Å². The van der Waals surface area contributed by atoms with Crippen LogP contribution in [0.25, 0.3) is 0 Å². The number of carbonyl (C=O) groups is 1. The maximum atomic E-state index is 11.6. The molecule has 4 nitrogen and oxygen atoms in total. The first-order chi connectivity index (χ1) is 8.56. The van der Waals surface area contributed by atoms with E-state index in [1.807, 2.05) is 6.92 Å². The second-order valence-electron chi connectivity index (χ2n) is 6.07. The van der Waals surface area contributed by atoms with Crippen LogP contribution < -0.4 is 0 Å². The molecule has 0 aromatic rings. The molecular formula is C14H28O4Si. The Morgan fingerprint density at radius 2 is 1.89 bits per heavy atom. The Morgan fingerprint density at radius 3 is 2.26 bits per heavy atom. The zero-order valence-electron chi connectivity index (χ0n) is 13.2. The molecule has 0 aliphatic carbocycles. The lowest BCUT2D eigenvalue weighted by molar-refractivity contribution is -0.156. The Kier molecular flexibility index (Phi) is 6.97. The average Bonchev–Trinajstić information content (AvgIpc) is 2.26. The number of aliphatic hydroxyl groups excluding tert-OH is 1. The molecule has 0 unspecified atom stereocenters. The Labute approximate surface area is 117 Å². The third-order valence-corrected chi connectivity index (χ3v) is 7.93. The zero-order chi connectivity index (χ0) is 15.3. The Bertz CT molecular complexity index is 318. The Balaban J connectivity index is 4.99. The van der Waals surface area contributed by atoms with Crippen molar-refractivity contribution in [2.45, 2.75) is 65.0 Å². The molecule has 0 aromatic heterocycles. The average molecular weight is 288 g/mol. The number of allylic oxidation sites excluding steroid dienone is 1. The third-order valence-electron chi connectivity index (χ3n) is 3.46. The standard InChI is InChI=1S/C14H28O4Si/c1-8-10-11(12(15)13(16)17-9-2)18-19(6,7)14(3,4)5/h8,10-12,15H,9H2,1-7H3/b10-8+/t11-,12+/m0/s1. The molecule has 0 aliphatic heterocycles. The molecule has 0 radical (unpaired) electrons. The van der Waals surface area contributed by atoms with Crippen LogP contribution in [0, 0.1) is 0 Å². The zero-order valence-corrected chi connectivity index (χ0v) is 14.2. The summed E-state index contributed by atoms with van der Waals surface area (Å²) in [5.41, 5.74) is 0. The highest BCUT2D eigenvalue weighted by Crippen LogP contribution is 2.37. The van der Waals surface area contributed by atoms with Gasteiger partial charge >= 0.3 is 5.97 Å². The van der Waals surface area contributed by atoms with Crippen molar-refractivity contribution in [3.05, 3.63) is 12.2 Å². The Hall–Kier alpha value is -0.653. The maximum Gasteiger partial charge on any atom is 0.338 e. The molecule has 5 heteroatoms. The minimum Gasteiger partial charge on any atom is -0.464 e. The van der Waals surface area contributed by atoms with Crippen molar-refractivity contribution in [2.75, 3.05) is 6.61 Å². The van der Waals surface area contributed by atoms with E-state index in [4.69, 9.17) is 9.16 Å². The topological polar surface area (TPSA) is 55.8 Å². The van der Waals surface area contributed by atoms with E-state index in [0.717, 1.165) is 0 Å². The lowest BCUT2D eigenvalue weighted by atomic mass is 10.2. The molecule has 0 bridgehead atoms.